The molecule has 1 saturated carbocycles. The first-order chi connectivity index (χ1) is 4.69. The highest BCUT2D eigenvalue weighted by atomic mass is 79.9. The molecule has 0 heterocycles. The molecule has 0 aromatic rings. The smallest absolute Gasteiger partial charge is 0.0394 e. The summed E-state index contributed by atoms with van der Waals surface area (Å²) >= 11 is 7.35. The van der Waals surface area contributed by atoms with Crippen molar-refractivity contribution >= 4 is 31.9 Å². The predicted molar refractivity (Wildman–Crippen MR) is 53.1 cm³/mol. The molecule has 0 amide bonds. The zero-order valence-electron chi connectivity index (χ0n) is 6.37. The second-order valence-corrected chi connectivity index (χ2v) is 5.85. The summed E-state index contributed by atoms with van der Waals surface area (Å²) in [6.45, 7) is 2.25. The SMILES string of the molecule is CCCCC[C@@]1(Br)C[C@@H]1Br. The predicted octanol–water partition coefficient (Wildman–Crippen LogP) is 3.87. The first-order valence-electron chi connectivity index (χ1n) is 4.02. The van der Waals surface area contributed by atoms with Crippen molar-refractivity contribution in [3.63, 3.8) is 0 Å². The topological polar surface area (TPSA) is 0 Å². The lowest BCUT2D eigenvalue weighted by atomic mass is 10.1. The van der Waals surface area contributed by atoms with Gasteiger partial charge >= 0.3 is 0 Å². The van der Waals surface area contributed by atoms with E-state index in [4.69, 9.17) is 0 Å². The number of alkyl halides is 2. The van der Waals surface area contributed by atoms with E-state index in [1.165, 1.54) is 32.1 Å². The van der Waals surface area contributed by atoms with Gasteiger partial charge in [0.15, 0.2) is 0 Å². The van der Waals surface area contributed by atoms with Gasteiger partial charge in [-0.15, -0.1) is 0 Å². The van der Waals surface area contributed by atoms with Crippen molar-refractivity contribution in [2.75, 3.05) is 0 Å². The number of hydrogen-bond donors (Lipinski definition) is 0. The third-order valence-corrected chi connectivity index (χ3v) is 5.20. The second kappa shape index (κ2) is 3.57. The van der Waals surface area contributed by atoms with Gasteiger partial charge in [0.2, 0.25) is 0 Å². The zero-order valence-corrected chi connectivity index (χ0v) is 9.54. The average molecular weight is 270 g/mol. The van der Waals surface area contributed by atoms with Crippen molar-refractivity contribution in [2.45, 2.75) is 48.2 Å². The molecule has 0 aromatic carbocycles. The summed E-state index contributed by atoms with van der Waals surface area (Å²) in [4.78, 5) is 0.747. The molecule has 0 spiro atoms. The van der Waals surface area contributed by atoms with E-state index in [0.717, 1.165) is 4.83 Å². The first-order valence-corrected chi connectivity index (χ1v) is 5.73. The molecular formula is C8H14Br2. The van der Waals surface area contributed by atoms with Crippen LogP contribution in [0.1, 0.15) is 39.0 Å². The standard InChI is InChI=1S/C8H14Br2/c1-2-3-4-5-8(10)6-7(8)9/h7H,2-6H2,1H3/t7-,8+/m0/s1. The van der Waals surface area contributed by atoms with Gasteiger partial charge in [-0.25, -0.2) is 0 Å². The molecule has 0 nitrogen and oxygen atoms in total. The van der Waals surface area contributed by atoms with E-state index in [2.05, 4.69) is 38.8 Å². The van der Waals surface area contributed by atoms with E-state index in [1.807, 2.05) is 0 Å². The highest BCUT2D eigenvalue weighted by Gasteiger charge is 2.49. The minimum atomic E-state index is 0.488. The molecule has 0 aromatic heterocycles. The van der Waals surface area contributed by atoms with Gasteiger partial charge in [0.05, 0.1) is 0 Å². The molecule has 60 valence electrons. The van der Waals surface area contributed by atoms with Crippen molar-refractivity contribution in [1.29, 1.82) is 0 Å². The van der Waals surface area contributed by atoms with E-state index in [-0.39, 0.29) is 0 Å². The fraction of sp³-hybridized carbons (Fsp3) is 1.00. The van der Waals surface area contributed by atoms with Gasteiger partial charge in [0.1, 0.15) is 0 Å². The zero-order chi connectivity index (χ0) is 7.61. The summed E-state index contributed by atoms with van der Waals surface area (Å²) in [6, 6.07) is 0. The van der Waals surface area contributed by atoms with Crippen LogP contribution in [0.25, 0.3) is 0 Å². The van der Waals surface area contributed by atoms with Gasteiger partial charge in [-0.3, -0.25) is 0 Å². The van der Waals surface area contributed by atoms with E-state index < -0.39 is 0 Å². The number of rotatable bonds is 4. The summed E-state index contributed by atoms with van der Waals surface area (Å²) in [6.07, 6.45) is 6.75. The Labute approximate surface area is 80.0 Å². The molecule has 0 aliphatic heterocycles. The Morgan fingerprint density at radius 1 is 1.50 bits per heavy atom. The Hall–Kier alpha value is 0.960. The summed E-state index contributed by atoms with van der Waals surface area (Å²) in [5.41, 5.74) is 0. The second-order valence-electron chi connectivity index (χ2n) is 3.16. The van der Waals surface area contributed by atoms with Crippen LogP contribution < -0.4 is 0 Å². The van der Waals surface area contributed by atoms with Crippen molar-refractivity contribution in [2.24, 2.45) is 0 Å². The Morgan fingerprint density at radius 2 is 2.10 bits per heavy atom. The Morgan fingerprint density at radius 3 is 2.50 bits per heavy atom. The molecule has 0 radical (unpaired) electrons. The fourth-order valence-corrected chi connectivity index (χ4v) is 3.01. The molecule has 1 rings (SSSR count). The van der Waals surface area contributed by atoms with Crippen molar-refractivity contribution in [3.8, 4) is 0 Å². The molecule has 0 saturated heterocycles. The summed E-state index contributed by atoms with van der Waals surface area (Å²) in [5, 5.41) is 0. The number of unbranched alkanes of at least 4 members (excludes halogenated alkanes) is 2. The van der Waals surface area contributed by atoms with Crippen LogP contribution in [0.4, 0.5) is 0 Å². The molecule has 2 atom stereocenters. The lowest BCUT2D eigenvalue weighted by molar-refractivity contribution is 0.651. The third kappa shape index (κ3) is 2.23. The van der Waals surface area contributed by atoms with Gasteiger partial charge in [0.25, 0.3) is 0 Å². The monoisotopic (exact) mass is 268 g/mol. The van der Waals surface area contributed by atoms with Gasteiger partial charge in [-0.1, -0.05) is 58.0 Å². The molecular weight excluding hydrogens is 256 g/mol. The molecule has 1 aliphatic carbocycles. The molecule has 0 unspecified atom stereocenters. The van der Waals surface area contributed by atoms with Crippen LogP contribution in [0.2, 0.25) is 0 Å². The largest absolute Gasteiger partial charge is 0.0875 e. The van der Waals surface area contributed by atoms with Crippen LogP contribution in [0.5, 0.6) is 0 Å². The highest BCUT2D eigenvalue weighted by molar-refractivity contribution is 9.13. The lowest BCUT2D eigenvalue weighted by Gasteiger charge is -2.04. The van der Waals surface area contributed by atoms with E-state index in [1.54, 1.807) is 0 Å². The maximum atomic E-state index is 3.74. The Balaban J connectivity index is 2.03. The summed E-state index contributed by atoms with van der Waals surface area (Å²) < 4.78 is 0.488. The molecule has 1 aliphatic rings. The van der Waals surface area contributed by atoms with Crippen LogP contribution in [0, 0.1) is 0 Å². The number of hydrogen-bond acceptors (Lipinski definition) is 0. The molecule has 2 heteroatoms. The Kier molecular flexibility index (Phi) is 3.23. The fourth-order valence-electron chi connectivity index (χ4n) is 1.17. The summed E-state index contributed by atoms with van der Waals surface area (Å²) in [5.74, 6) is 0. The minimum Gasteiger partial charge on any atom is -0.0875 e. The van der Waals surface area contributed by atoms with Gasteiger partial charge < -0.3 is 0 Å². The van der Waals surface area contributed by atoms with E-state index in [9.17, 15) is 0 Å². The van der Waals surface area contributed by atoms with Crippen LogP contribution in [-0.4, -0.2) is 9.15 Å². The lowest BCUT2D eigenvalue weighted by Crippen LogP contribution is -2.00. The molecule has 10 heavy (non-hydrogen) atoms. The van der Waals surface area contributed by atoms with Crippen LogP contribution in [0.15, 0.2) is 0 Å². The van der Waals surface area contributed by atoms with Gasteiger partial charge in [0, 0.05) is 9.15 Å². The quantitative estimate of drug-likeness (QED) is 0.537. The number of halogens is 2. The molecule has 1 fully saturated rings. The van der Waals surface area contributed by atoms with E-state index in [0.29, 0.717) is 4.32 Å². The van der Waals surface area contributed by atoms with Crippen molar-refractivity contribution in [3.05, 3.63) is 0 Å². The summed E-state index contributed by atoms with van der Waals surface area (Å²) in [7, 11) is 0. The average Bonchev–Trinajstić information content (AvgIpc) is 2.42. The Bertz CT molecular complexity index is 114. The van der Waals surface area contributed by atoms with Gasteiger partial charge in [-0.2, -0.15) is 0 Å². The normalized spacial score (nSPS) is 38.1. The van der Waals surface area contributed by atoms with Gasteiger partial charge in [-0.05, 0) is 12.8 Å². The van der Waals surface area contributed by atoms with Crippen molar-refractivity contribution in [1.82, 2.24) is 0 Å². The van der Waals surface area contributed by atoms with E-state index >= 15 is 0 Å². The maximum Gasteiger partial charge on any atom is 0.0394 e. The van der Waals surface area contributed by atoms with Crippen LogP contribution in [0.3, 0.4) is 0 Å². The van der Waals surface area contributed by atoms with Crippen molar-refractivity contribution < 1.29 is 0 Å². The first kappa shape index (κ1) is 9.05. The minimum absolute atomic E-state index is 0.488. The highest BCUT2D eigenvalue weighted by Crippen LogP contribution is 2.53. The molecule has 0 bridgehead atoms. The van der Waals surface area contributed by atoms with Crippen LogP contribution >= 0.6 is 31.9 Å². The van der Waals surface area contributed by atoms with Crippen LogP contribution in [-0.2, 0) is 0 Å². The molecule has 0 N–H and O–H groups in total. The maximum absolute atomic E-state index is 3.74. The third-order valence-electron chi connectivity index (χ3n) is 2.12.